The lowest BCUT2D eigenvalue weighted by atomic mass is 9.91. The Hall–Kier alpha value is -4.43. The van der Waals surface area contributed by atoms with Crippen molar-refractivity contribution < 1.29 is 23.4 Å². The number of nitrogens with zero attached hydrogens (tertiary/aromatic N) is 3. The van der Waals surface area contributed by atoms with Gasteiger partial charge in [0.15, 0.2) is 0 Å². The van der Waals surface area contributed by atoms with Gasteiger partial charge in [0, 0.05) is 30.1 Å². The number of ether oxygens (including phenoxy) is 3. The number of benzene rings is 3. The molecule has 0 radical (unpaired) electrons. The van der Waals surface area contributed by atoms with E-state index in [2.05, 4.69) is 23.3 Å². The number of carbonyl (C=O) groups is 1. The zero-order chi connectivity index (χ0) is 31.8. The van der Waals surface area contributed by atoms with Crippen molar-refractivity contribution in [3.8, 4) is 16.9 Å². The third kappa shape index (κ3) is 5.38. The first-order chi connectivity index (χ1) is 22.5. The Morgan fingerprint density at radius 3 is 2.63 bits per heavy atom. The van der Waals surface area contributed by atoms with Crippen LogP contribution in [-0.4, -0.2) is 33.5 Å². The third-order valence-corrected chi connectivity index (χ3v) is 9.46. The summed E-state index contributed by atoms with van der Waals surface area (Å²) in [5.74, 6) is 0.183. The maximum absolute atomic E-state index is 16.2. The van der Waals surface area contributed by atoms with Gasteiger partial charge in [0.05, 0.1) is 43.3 Å². The number of hydrogen-bond acceptors (Lipinski definition) is 5. The van der Waals surface area contributed by atoms with Crippen molar-refractivity contribution in [3.05, 3.63) is 105 Å². The molecule has 0 saturated heterocycles. The van der Waals surface area contributed by atoms with Crippen LogP contribution in [0, 0.1) is 12.7 Å². The van der Waals surface area contributed by atoms with Crippen molar-refractivity contribution >= 4 is 16.9 Å². The SMILES string of the molecule is CCOC(=O)c1c(CCCOc2cccc3c2CCCC3)c2ccc(F)c3c2n1Cc1ccccc1COCc1c-3c(C)nn1C. The molecule has 8 heteroatoms. The summed E-state index contributed by atoms with van der Waals surface area (Å²) in [5.41, 5.74) is 9.33. The second-order valence-electron chi connectivity index (χ2n) is 12.3. The molecule has 0 amide bonds. The lowest BCUT2D eigenvalue weighted by Gasteiger charge is -2.19. The summed E-state index contributed by atoms with van der Waals surface area (Å²) in [6.45, 7) is 5.46. The normalized spacial score (nSPS) is 14.3. The van der Waals surface area contributed by atoms with Crippen molar-refractivity contribution in [1.29, 1.82) is 0 Å². The van der Waals surface area contributed by atoms with Crippen LogP contribution in [0.1, 0.15) is 75.9 Å². The summed E-state index contributed by atoms with van der Waals surface area (Å²) < 4.78 is 38.2. The average Bonchev–Trinajstić information content (AvgIpc) is 3.50. The van der Waals surface area contributed by atoms with Crippen LogP contribution in [0.15, 0.2) is 54.6 Å². The lowest BCUT2D eigenvalue weighted by molar-refractivity contribution is 0.0513. The molecule has 0 fully saturated rings. The monoisotopic (exact) mass is 621 g/mol. The summed E-state index contributed by atoms with van der Waals surface area (Å²) in [4.78, 5) is 13.9. The van der Waals surface area contributed by atoms with Crippen LogP contribution in [0.4, 0.5) is 4.39 Å². The highest BCUT2D eigenvalue weighted by Gasteiger charge is 2.30. The van der Waals surface area contributed by atoms with Crippen LogP contribution < -0.4 is 4.74 Å². The number of esters is 1. The highest BCUT2D eigenvalue weighted by Crippen LogP contribution is 2.41. The molecule has 0 unspecified atom stereocenters. The number of halogens is 1. The standard InChI is InChI=1S/C38H40FN3O4/c1-4-45-38(43)37-29(16-10-20-46-33-17-9-14-25-11-7-8-15-28(25)33)30-18-19-31(39)35-34-24(2)40-41(3)32(34)23-44-22-27-13-6-5-12-26(27)21-42(37)36(30)35/h5-6,9,12-14,17-19H,4,7-8,10-11,15-16,20-23H2,1-3H3. The summed E-state index contributed by atoms with van der Waals surface area (Å²) >= 11 is 0. The van der Waals surface area contributed by atoms with Gasteiger partial charge in [0.1, 0.15) is 17.3 Å². The van der Waals surface area contributed by atoms with Gasteiger partial charge in [-0.15, -0.1) is 0 Å². The van der Waals surface area contributed by atoms with E-state index in [-0.39, 0.29) is 19.0 Å². The second kappa shape index (κ2) is 12.8. The molecular formula is C38H40FN3O4. The van der Waals surface area contributed by atoms with Crippen molar-refractivity contribution in [2.45, 2.75) is 72.1 Å². The fraction of sp³-hybridized carbons (Fsp3) is 0.368. The molecule has 2 aromatic heterocycles. The molecule has 1 aliphatic carbocycles. The first-order valence-corrected chi connectivity index (χ1v) is 16.4. The smallest absolute Gasteiger partial charge is 0.355 e. The third-order valence-electron chi connectivity index (χ3n) is 9.46. The summed E-state index contributed by atoms with van der Waals surface area (Å²) in [7, 11) is 1.86. The molecule has 2 aliphatic rings. The van der Waals surface area contributed by atoms with E-state index in [0.717, 1.165) is 46.4 Å². The van der Waals surface area contributed by atoms with E-state index >= 15 is 4.39 Å². The van der Waals surface area contributed by atoms with E-state index in [9.17, 15) is 4.79 Å². The zero-order valence-corrected chi connectivity index (χ0v) is 26.8. The molecular weight excluding hydrogens is 581 g/mol. The molecule has 0 N–H and O–H groups in total. The minimum absolute atomic E-state index is 0.236. The van der Waals surface area contributed by atoms with Crippen molar-refractivity contribution in [1.82, 2.24) is 14.3 Å². The molecule has 0 saturated carbocycles. The fourth-order valence-corrected chi connectivity index (χ4v) is 7.36. The van der Waals surface area contributed by atoms with Crippen LogP contribution in [0.5, 0.6) is 5.75 Å². The van der Waals surface area contributed by atoms with E-state index in [1.54, 1.807) is 4.68 Å². The fourth-order valence-electron chi connectivity index (χ4n) is 7.36. The maximum Gasteiger partial charge on any atom is 0.355 e. The van der Waals surface area contributed by atoms with Gasteiger partial charge in [-0.2, -0.15) is 5.10 Å². The van der Waals surface area contributed by atoms with Crippen LogP contribution >= 0.6 is 0 Å². The van der Waals surface area contributed by atoms with Gasteiger partial charge in [-0.05, 0) is 98.4 Å². The molecule has 7 rings (SSSR count). The number of fused-ring (bicyclic) bond motifs is 4. The van der Waals surface area contributed by atoms with Crippen molar-refractivity contribution in [2.75, 3.05) is 13.2 Å². The van der Waals surface area contributed by atoms with E-state index in [4.69, 9.17) is 14.2 Å². The average molecular weight is 622 g/mol. The number of aromatic nitrogens is 3. The Balaban J connectivity index is 1.37. The van der Waals surface area contributed by atoms with Crippen molar-refractivity contribution in [3.63, 3.8) is 0 Å². The van der Waals surface area contributed by atoms with E-state index in [1.165, 1.54) is 30.0 Å². The van der Waals surface area contributed by atoms with E-state index in [1.807, 2.05) is 55.8 Å². The van der Waals surface area contributed by atoms with Gasteiger partial charge in [0.2, 0.25) is 0 Å². The molecule has 46 heavy (non-hydrogen) atoms. The van der Waals surface area contributed by atoms with Gasteiger partial charge in [-0.25, -0.2) is 9.18 Å². The predicted octanol–water partition coefficient (Wildman–Crippen LogP) is 7.63. The highest BCUT2D eigenvalue weighted by atomic mass is 19.1. The molecule has 238 valence electrons. The Morgan fingerprint density at radius 2 is 1.78 bits per heavy atom. The predicted molar refractivity (Wildman–Crippen MR) is 176 cm³/mol. The molecule has 0 bridgehead atoms. The van der Waals surface area contributed by atoms with E-state index in [0.29, 0.717) is 60.6 Å². The zero-order valence-electron chi connectivity index (χ0n) is 26.8. The lowest BCUT2D eigenvalue weighted by Crippen LogP contribution is -2.16. The minimum Gasteiger partial charge on any atom is -0.493 e. The summed E-state index contributed by atoms with van der Waals surface area (Å²) in [5, 5.41) is 5.51. The molecule has 3 heterocycles. The Labute approximate surface area is 268 Å². The summed E-state index contributed by atoms with van der Waals surface area (Å²) in [6, 6.07) is 17.7. The molecule has 5 aromatic rings. The first-order valence-electron chi connectivity index (χ1n) is 16.4. The van der Waals surface area contributed by atoms with Gasteiger partial charge in [0.25, 0.3) is 0 Å². The number of rotatable bonds is 7. The quantitative estimate of drug-likeness (QED) is 0.138. The van der Waals surface area contributed by atoms with Gasteiger partial charge in [-0.1, -0.05) is 36.4 Å². The molecule has 3 aromatic carbocycles. The van der Waals surface area contributed by atoms with Crippen LogP contribution in [0.25, 0.3) is 22.0 Å². The Bertz CT molecular complexity index is 1940. The number of carbonyl (C=O) groups excluding carboxylic acids is 1. The van der Waals surface area contributed by atoms with Gasteiger partial charge in [-0.3, -0.25) is 4.68 Å². The second-order valence-corrected chi connectivity index (χ2v) is 12.3. The van der Waals surface area contributed by atoms with Crippen LogP contribution in [0.3, 0.4) is 0 Å². The minimum atomic E-state index is -0.412. The largest absolute Gasteiger partial charge is 0.493 e. The van der Waals surface area contributed by atoms with Crippen molar-refractivity contribution in [2.24, 2.45) is 7.05 Å². The van der Waals surface area contributed by atoms with Gasteiger partial charge >= 0.3 is 5.97 Å². The maximum atomic E-state index is 16.2. The summed E-state index contributed by atoms with van der Waals surface area (Å²) in [6.07, 6.45) is 5.80. The van der Waals surface area contributed by atoms with Gasteiger partial charge < -0.3 is 18.8 Å². The molecule has 0 atom stereocenters. The topological polar surface area (TPSA) is 67.5 Å². The Kier molecular flexibility index (Phi) is 8.38. The Morgan fingerprint density at radius 1 is 0.978 bits per heavy atom. The number of aryl methyl sites for hydroxylation is 4. The van der Waals surface area contributed by atoms with Crippen LogP contribution in [0.2, 0.25) is 0 Å². The molecule has 0 spiro atoms. The highest BCUT2D eigenvalue weighted by molar-refractivity contribution is 6.05. The molecule has 7 nitrogen and oxygen atoms in total. The van der Waals surface area contributed by atoms with E-state index < -0.39 is 5.97 Å². The van der Waals surface area contributed by atoms with Crippen LogP contribution in [-0.2, 0) is 55.5 Å². The first kappa shape index (κ1) is 30.2. The molecule has 1 aliphatic heterocycles. The number of hydrogen-bond donors (Lipinski definition) is 0.